The number of hydrogen-bond acceptors (Lipinski definition) is 1. The molecule has 2 rings (SSSR count). The summed E-state index contributed by atoms with van der Waals surface area (Å²) in [7, 11) is 0. The molecule has 0 aromatic heterocycles. The molecule has 0 heterocycles. The van der Waals surface area contributed by atoms with Crippen molar-refractivity contribution in [3.8, 4) is 0 Å². The second kappa shape index (κ2) is 4.09. The Labute approximate surface area is 91.9 Å². The van der Waals surface area contributed by atoms with Crippen LogP contribution in [-0.2, 0) is 5.60 Å². The fraction of sp³-hybridized carbons (Fsp3) is 0.500. The SMILES string of the molecule is OC1(c2ccc(F)c(F)c2F)CCCCC1. The first-order valence-electron chi connectivity index (χ1n) is 5.41. The first-order valence-corrected chi connectivity index (χ1v) is 5.41. The van der Waals surface area contributed by atoms with Gasteiger partial charge in [-0.1, -0.05) is 25.3 Å². The second-order valence-electron chi connectivity index (χ2n) is 4.32. The predicted octanol–water partition coefficient (Wildman–Crippen LogP) is 3.26. The van der Waals surface area contributed by atoms with Crippen molar-refractivity contribution < 1.29 is 18.3 Å². The molecule has 16 heavy (non-hydrogen) atoms. The minimum absolute atomic E-state index is 0.119. The first kappa shape index (κ1) is 11.5. The minimum atomic E-state index is -1.50. The van der Waals surface area contributed by atoms with E-state index in [0.717, 1.165) is 31.4 Å². The Morgan fingerprint density at radius 3 is 2.19 bits per heavy atom. The third-order valence-corrected chi connectivity index (χ3v) is 3.22. The Morgan fingerprint density at radius 1 is 0.938 bits per heavy atom. The van der Waals surface area contributed by atoms with Crippen LogP contribution in [0.15, 0.2) is 12.1 Å². The molecule has 0 spiro atoms. The van der Waals surface area contributed by atoms with Crippen LogP contribution in [0.2, 0.25) is 0 Å². The molecule has 1 N–H and O–H groups in total. The molecule has 0 amide bonds. The van der Waals surface area contributed by atoms with Gasteiger partial charge in [-0.05, 0) is 18.9 Å². The molecule has 0 saturated heterocycles. The monoisotopic (exact) mass is 230 g/mol. The van der Waals surface area contributed by atoms with Gasteiger partial charge in [0.1, 0.15) is 0 Å². The lowest BCUT2D eigenvalue weighted by molar-refractivity contribution is -0.00444. The van der Waals surface area contributed by atoms with Crippen LogP contribution in [0, 0.1) is 17.5 Å². The van der Waals surface area contributed by atoms with E-state index in [2.05, 4.69) is 0 Å². The summed E-state index contributed by atoms with van der Waals surface area (Å²) in [5.74, 6) is -3.98. The van der Waals surface area contributed by atoms with E-state index in [1.165, 1.54) is 0 Å². The lowest BCUT2D eigenvalue weighted by atomic mass is 9.79. The average molecular weight is 230 g/mol. The van der Waals surface area contributed by atoms with Crippen LogP contribution in [0.4, 0.5) is 13.2 Å². The molecule has 1 saturated carbocycles. The lowest BCUT2D eigenvalue weighted by Crippen LogP contribution is -2.30. The number of halogens is 3. The van der Waals surface area contributed by atoms with Gasteiger partial charge in [-0.15, -0.1) is 0 Å². The summed E-state index contributed by atoms with van der Waals surface area (Å²) in [5, 5.41) is 10.2. The zero-order valence-corrected chi connectivity index (χ0v) is 8.77. The number of benzene rings is 1. The van der Waals surface area contributed by atoms with Crippen LogP contribution in [0.3, 0.4) is 0 Å². The molecule has 1 aromatic carbocycles. The van der Waals surface area contributed by atoms with E-state index < -0.39 is 23.1 Å². The smallest absolute Gasteiger partial charge is 0.194 e. The molecule has 1 aromatic rings. The molecule has 0 atom stereocenters. The molecule has 1 fully saturated rings. The predicted molar refractivity (Wildman–Crippen MR) is 53.3 cm³/mol. The topological polar surface area (TPSA) is 20.2 Å². The normalized spacial score (nSPS) is 19.8. The van der Waals surface area contributed by atoms with Gasteiger partial charge in [0.25, 0.3) is 0 Å². The van der Waals surface area contributed by atoms with E-state index in [1.54, 1.807) is 0 Å². The molecule has 0 bridgehead atoms. The van der Waals surface area contributed by atoms with Crippen molar-refractivity contribution >= 4 is 0 Å². The van der Waals surface area contributed by atoms with E-state index in [1.807, 2.05) is 0 Å². The highest BCUT2D eigenvalue weighted by Gasteiger charge is 2.35. The van der Waals surface area contributed by atoms with Gasteiger partial charge in [0.2, 0.25) is 0 Å². The van der Waals surface area contributed by atoms with Crippen LogP contribution in [0.1, 0.15) is 37.7 Å². The molecule has 1 nitrogen and oxygen atoms in total. The van der Waals surface area contributed by atoms with E-state index in [0.29, 0.717) is 12.8 Å². The highest BCUT2D eigenvalue weighted by Crippen LogP contribution is 2.38. The van der Waals surface area contributed by atoms with Crippen LogP contribution in [0.25, 0.3) is 0 Å². The van der Waals surface area contributed by atoms with Gasteiger partial charge in [0, 0.05) is 5.56 Å². The Hall–Kier alpha value is -1.03. The number of hydrogen-bond donors (Lipinski definition) is 1. The maximum atomic E-state index is 13.5. The van der Waals surface area contributed by atoms with Gasteiger partial charge in [-0.2, -0.15) is 0 Å². The molecule has 0 aliphatic heterocycles. The van der Waals surface area contributed by atoms with Crippen molar-refractivity contribution in [2.45, 2.75) is 37.7 Å². The summed E-state index contributed by atoms with van der Waals surface area (Å²) < 4.78 is 39.3. The molecule has 1 aliphatic carbocycles. The van der Waals surface area contributed by atoms with E-state index >= 15 is 0 Å². The number of aliphatic hydroxyl groups is 1. The van der Waals surface area contributed by atoms with Crippen LogP contribution >= 0.6 is 0 Å². The molecule has 0 radical (unpaired) electrons. The van der Waals surface area contributed by atoms with E-state index in [4.69, 9.17) is 0 Å². The highest BCUT2D eigenvalue weighted by molar-refractivity contribution is 5.26. The molecular formula is C12H13F3O. The molecular weight excluding hydrogens is 217 g/mol. The summed E-state index contributed by atoms with van der Waals surface area (Å²) in [5.41, 5.74) is -1.46. The van der Waals surface area contributed by atoms with Crippen molar-refractivity contribution in [1.82, 2.24) is 0 Å². The molecule has 4 heteroatoms. The summed E-state index contributed by atoms with van der Waals surface area (Å²) in [6.45, 7) is 0. The maximum Gasteiger partial charge on any atom is 0.194 e. The van der Waals surface area contributed by atoms with Gasteiger partial charge < -0.3 is 5.11 Å². The summed E-state index contributed by atoms with van der Waals surface area (Å²) in [6.07, 6.45) is 3.32. The molecule has 88 valence electrons. The zero-order valence-electron chi connectivity index (χ0n) is 8.77. The Kier molecular flexibility index (Phi) is 2.93. The standard InChI is InChI=1S/C12H13F3O/c13-9-5-4-8(10(14)11(9)15)12(16)6-2-1-3-7-12/h4-5,16H,1-3,6-7H2. The van der Waals surface area contributed by atoms with Crippen molar-refractivity contribution in [2.24, 2.45) is 0 Å². The van der Waals surface area contributed by atoms with E-state index in [-0.39, 0.29) is 5.56 Å². The fourth-order valence-electron chi connectivity index (χ4n) is 2.29. The second-order valence-corrected chi connectivity index (χ2v) is 4.32. The first-order chi connectivity index (χ1) is 7.54. The minimum Gasteiger partial charge on any atom is -0.385 e. The van der Waals surface area contributed by atoms with Crippen molar-refractivity contribution in [1.29, 1.82) is 0 Å². The lowest BCUT2D eigenvalue weighted by Gasteiger charge is -2.32. The van der Waals surface area contributed by atoms with E-state index in [9.17, 15) is 18.3 Å². The summed E-state index contributed by atoms with van der Waals surface area (Å²) in [4.78, 5) is 0. The average Bonchev–Trinajstić information content (AvgIpc) is 2.27. The Balaban J connectivity index is 2.43. The molecule has 1 aliphatic rings. The zero-order chi connectivity index (χ0) is 11.8. The van der Waals surface area contributed by atoms with Crippen LogP contribution < -0.4 is 0 Å². The summed E-state index contributed by atoms with van der Waals surface area (Å²) >= 11 is 0. The van der Waals surface area contributed by atoms with Gasteiger partial charge >= 0.3 is 0 Å². The van der Waals surface area contributed by atoms with Crippen molar-refractivity contribution in [3.63, 3.8) is 0 Å². The highest BCUT2D eigenvalue weighted by atomic mass is 19.2. The number of rotatable bonds is 1. The Morgan fingerprint density at radius 2 is 1.56 bits per heavy atom. The van der Waals surface area contributed by atoms with Gasteiger partial charge in [-0.3, -0.25) is 0 Å². The van der Waals surface area contributed by atoms with Gasteiger partial charge in [0.05, 0.1) is 5.60 Å². The Bertz CT molecular complexity index is 397. The van der Waals surface area contributed by atoms with Crippen molar-refractivity contribution in [2.75, 3.05) is 0 Å². The quantitative estimate of drug-likeness (QED) is 0.734. The van der Waals surface area contributed by atoms with Crippen molar-refractivity contribution in [3.05, 3.63) is 35.1 Å². The largest absolute Gasteiger partial charge is 0.385 e. The third kappa shape index (κ3) is 1.82. The van der Waals surface area contributed by atoms with Crippen LogP contribution in [0.5, 0.6) is 0 Å². The maximum absolute atomic E-state index is 13.5. The van der Waals surface area contributed by atoms with Gasteiger partial charge in [0.15, 0.2) is 17.5 Å². The molecule has 0 unspecified atom stereocenters. The fourth-order valence-corrected chi connectivity index (χ4v) is 2.29. The summed E-state index contributed by atoms with van der Waals surface area (Å²) in [6, 6.07) is 2.00. The van der Waals surface area contributed by atoms with Gasteiger partial charge in [-0.25, -0.2) is 13.2 Å². The van der Waals surface area contributed by atoms with Crippen LogP contribution in [-0.4, -0.2) is 5.11 Å². The third-order valence-electron chi connectivity index (χ3n) is 3.22.